The smallest absolute Gasteiger partial charge is 0.416 e. The van der Waals surface area contributed by atoms with Gasteiger partial charge in [-0.25, -0.2) is 4.98 Å². The van der Waals surface area contributed by atoms with Gasteiger partial charge in [0.15, 0.2) is 11.5 Å². The minimum absolute atomic E-state index is 0.0551. The molecular formula is C25H18F3NO2. The van der Waals surface area contributed by atoms with Crippen molar-refractivity contribution in [3.63, 3.8) is 0 Å². The zero-order valence-electron chi connectivity index (χ0n) is 16.8. The number of halogens is 3. The summed E-state index contributed by atoms with van der Waals surface area (Å²) in [5.74, 6) is 0.582. The first kappa shape index (κ1) is 20.6. The molecule has 0 aliphatic heterocycles. The van der Waals surface area contributed by atoms with Crippen LogP contribution in [0.1, 0.15) is 38.5 Å². The van der Waals surface area contributed by atoms with E-state index >= 15 is 0 Å². The van der Waals surface area contributed by atoms with E-state index in [1.807, 2.05) is 43.3 Å². The molecule has 0 spiro atoms. The van der Waals surface area contributed by atoms with Crippen LogP contribution in [0.5, 0.6) is 0 Å². The van der Waals surface area contributed by atoms with Gasteiger partial charge in [0.2, 0.25) is 0 Å². The van der Waals surface area contributed by atoms with E-state index in [1.165, 1.54) is 18.2 Å². The molecule has 0 atom stereocenters. The molecule has 0 saturated carbocycles. The number of fused-ring (bicyclic) bond motifs is 1. The number of oxazole rings is 1. The molecule has 0 unspecified atom stereocenters. The molecule has 0 aliphatic rings. The Morgan fingerprint density at radius 1 is 0.935 bits per heavy atom. The molecule has 4 aromatic rings. The van der Waals surface area contributed by atoms with Crippen LogP contribution in [0.25, 0.3) is 34.4 Å². The molecule has 3 aromatic carbocycles. The van der Waals surface area contributed by atoms with Gasteiger partial charge >= 0.3 is 6.18 Å². The first-order chi connectivity index (χ1) is 14.8. The number of carbonyl (C=O) groups is 1. The van der Waals surface area contributed by atoms with Gasteiger partial charge in [-0.3, -0.25) is 4.79 Å². The first-order valence-electron chi connectivity index (χ1n) is 9.58. The number of hydrogen-bond donors (Lipinski definition) is 0. The summed E-state index contributed by atoms with van der Waals surface area (Å²) in [6.07, 6.45) is -0.951. The largest absolute Gasteiger partial charge is 0.441 e. The van der Waals surface area contributed by atoms with Gasteiger partial charge in [0.05, 0.1) is 5.56 Å². The van der Waals surface area contributed by atoms with Crippen LogP contribution in [0.2, 0.25) is 0 Å². The lowest BCUT2D eigenvalue weighted by Gasteiger charge is -2.12. The molecule has 3 nitrogen and oxygen atoms in total. The summed E-state index contributed by atoms with van der Waals surface area (Å²) < 4.78 is 45.7. The van der Waals surface area contributed by atoms with Gasteiger partial charge in [-0.15, -0.1) is 0 Å². The zero-order chi connectivity index (χ0) is 22.2. The average molecular weight is 421 g/mol. The minimum Gasteiger partial charge on any atom is -0.441 e. The van der Waals surface area contributed by atoms with Gasteiger partial charge in [0.25, 0.3) is 0 Å². The summed E-state index contributed by atoms with van der Waals surface area (Å²) in [5, 5.41) is 0. The number of aldehydes is 1. The quantitative estimate of drug-likeness (QED) is 0.260. The summed E-state index contributed by atoms with van der Waals surface area (Å²) in [7, 11) is 0. The van der Waals surface area contributed by atoms with Crippen molar-refractivity contribution in [3.05, 3.63) is 88.3 Å². The molecule has 6 heteroatoms. The molecule has 0 bridgehead atoms. The van der Waals surface area contributed by atoms with E-state index in [9.17, 15) is 18.0 Å². The minimum atomic E-state index is -4.51. The van der Waals surface area contributed by atoms with E-state index < -0.39 is 11.7 Å². The molecular weight excluding hydrogens is 403 g/mol. The highest BCUT2D eigenvalue weighted by molar-refractivity contribution is 5.84. The van der Waals surface area contributed by atoms with Gasteiger partial charge in [-0.05, 0) is 59.0 Å². The number of alkyl halides is 3. The van der Waals surface area contributed by atoms with Crippen molar-refractivity contribution in [2.45, 2.75) is 20.0 Å². The lowest BCUT2D eigenvalue weighted by molar-refractivity contribution is -0.137. The Hall–Kier alpha value is -3.67. The molecule has 0 saturated heterocycles. The highest BCUT2D eigenvalue weighted by atomic mass is 19.4. The van der Waals surface area contributed by atoms with Crippen LogP contribution in [0, 0.1) is 13.8 Å². The van der Waals surface area contributed by atoms with Crippen LogP contribution in [0.15, 0.2) is 59.0 Å². The van der Waals surface area contributed by atoms with Crippen LogP contribution < -0.4 is 0 Å². The van der Waals surface area contributed by atoms with E-state index in [1.54, 1.807) is 13.0 Å². The normalized spacial score (nSPS) is 12.0. The maximum atomic E-state index is 13.4. The zero-order valence-corrected chi connectivity index (χ0v) is 16.8. The molecule has 4 rings (SSSR count). The van der Waals surface area contributed by atoms with E-state index in [4.69, 9.17) is 4.42 Å². The molecule has 1 heterocycles. The van der Waals surface area contributed by atoms with Crippen LogP contribution in [0.3, 0.4) is 0 Å². The van der Waals surface area contributed by atoms with Crippen molar-refractivity contribution >= 4 is 29.5 Å². The predicted molar refractivity (Wildman–Crippen MR) is 115 cm³/mol. The first-order valence-corrected chi connectivity index (χ1v) is 9.58. The summed E-state index contributed by atoms with van der Waals surface area (Å²) >= 11 is 0. The van der Waals surface area contributed by atoms with Crippen molar-refractivity contribution in [1.82, 2.24) is 4.98 Å². The second kappa shape index (κ2) is 7.87. The molecule has 0 fully saturated rings. The molecule has 1 aromatic heterocycles. The fourth-order valence-corrected chi connectivity index (χ4v) is 3.58. The molecule has 0 amide bonds. The van der Waals surface area contributed by atoms with Crippen molar-refractivity contribution in [2.24, 2.45) is 0 Å². The third-order valence-corrected chi connectivity index (χ3v) is 5.14. The van der Waals surface area contributed by atoms with Crippen LogP contribution in [-0.2, 0) is 6.18 Å². The Kier molecular flexibility index (Phi) is 5.23. The summed E-state index contributed by atoms with van der Waals surface area (Å²) in [6, 6.07) is 14.7. The SMILES string of the molecule is Cc1nc2ccc(-c3cccc(/C=C/c4cc(C=O)ccc4C(F)(F)F)c3C)cc2o1. The number of aryl methyl sites for hydroxylation is 1. The monoisotopic (exact) mass is 421 g/mol. The Balaban J connectivity index is 1.75. The standard InChI is InChI=1S/C25H18F3NO2/c1-15-18(7-8-20-12-17(14-30)6-10-22(20)25(26,27)28)4-3-5-21(15)19-9-11-23-24(13-19)31-16(2)29-23/h3-14H,1-2H3/b8-7+. The number of rotatable bonds is 4. The Morgan fingerprint density at radius 3 is 2.45 bits per heavy atom. The van der Waals surface area contributed by atoms with Gasteiger partial charge in [-0.1, -0.05) is 42.5 Å². The Labute approximate surface area is 176 Å². The fraction of sp³-hybridized carbons (Fsp3) is 0.120. The van der Waals surface area contributed by atoms with E-state index in [2.05, 4.69) is 4.98 Å². The molecule has 156 valence electrons. The van der Waals surface area contributed by atoms with Crippen LogP contribution in [-0.4, -0.2) is 11.3 Å². The van der Waals surface area contributed by atoms with Gasteiger partial charge in [0.1, 0.15) is 11.8 Å². The van der Waals surface area contributed by atoms with E-state index in [0.717, 1.165) is 33.8 Å². The highest BCUT2D eigenvalue weighted by Gasteiger charge is 2.32. The second-order valence-electron chi connectivity index (χ2n) is 7.23. The number of carbonyl (C=O) groups excluding carboxylic acids is 1. The van der Waals surface area contributed by atoms with Gasteiger partial charge in [-0.2, -0.15) is 13.2 Å². The average Bonchev–Trinajstić information content (AvgIpc) is 3.11. The molecule has 0 radical (unpaired) electrons. The van der Waals surface area contributed by atoms with Crippen LogP contribution in [0.4, 0.5) is 13.2 Å². The highest BCUT2D eigenvalue weighted by Crippen LogP contribution is 2.34. The maximum absolute atomic E-state index is 13.4. The van der Waals surface area contributed by atoms with Crippen molar-refractivity contribution < 1.29 is 22.4 Å². The molecule has 0 N–H and O–H groups in total. The van der Waals surface area contributed by atoms with E-state index in [-0.39, 0.29) is 11.1 Å². The molecule has 31 heavy (non-hydrogen) atoms. The fourth-order valence-electron chi connectivity index (χ4n) is 3.58. The summed E-state index contributed by atoms with van der Waals surface area (Å²) in [4.78, 5) is 15.3. The van der Waals surface area contributed by atoms with Gasteiger partial charge < -0.3 is 4.42 Å². The van der Waals surface area contributed by atoms with E-state index in [0.29, 0.717) is 17.8 Å². The number of hydrogen-bond acceptors (Lipinski definition) is 3. The van der Waals surface area contributed by atoms with Gasteiger partial charge in [0, 0.05) is 12.5 Å². The summed E-state index contributed by atoms with van der Waals surface area (Å²) in [6.45, 7) is 3.70. The van der Waals surface area contributed by atoms with Crippen molar-refractivity contribution in [3.8, 4) is 11.1 Å². The maximum Gasteiger partial charge on any atom is 0.416 e. The summed E-state index contributed by atoms with van der Waals surface area (Å²) in [5.41, 5.74) is 4.35. The lowest BCUT2D eigenvalue weighted by atomic mass is 9.95. The van der Waals surface area contributed by atoms with Crippen molar-refractivity contribution in [1.29, 1.82) is 0 Å². The third kappa shape index (κ3) is 4.14. The second-order valence-corrected chi connectivity index (χ2v) is 7.23. The Morgan fingerprint density at radius 2 is 1.71 bits per heavy atom. The predicted octanol–water partition coefficient (Wildman–Crippen LogP) is 7.11. The number of benzene rings is 3. The Bertz CT molecular complexity index is 1320. The topological polar surface area (TPSA) is 43.1 Å². The van der Waals surface area contributed by atoms with Crippen LogP contribution >= 0.6 is 0 Å². The lowest BCUT2D eigenvalue weighted by Crippen LogP contribution is -2.07. The van der Waals surface area contributed by atoms with Crippen molar-refractivity contribution in [2.75, 3.05) is 0 Å². The number of aromatic nitrogens is 1. The third-order valence-electron chi connectivity index (χ3n) is 5.14. The number of nitrogens with zero attached hydrogens (tertiary/aromatic N) is 1. The molecule has 0 aliphatic carbocycles.